The van der Waals surface area contributed by atoms with Crippen molar-refractivity contribution in [3.8, 4) is 0 Å². The largest absolute Gasteiger partial charge is 0.363 e. The lowest BCUT2D eigenvalue weighted by Crippen LogP contribution is -2.28. The van der Waals surface area contributed by atoms with E-state index in [9.17, 15) is 4.79 Å². The number of nitrogens with zero attached hydrogens (tertiary/aromatic N) is 7. The van der Waals surface area contributed by atoms with Crippen LogP contribution in [-0.4, -0.2) is 19.4 Å². The highest BCUT2D eigenvalue weighted by molar-refractivity contribution is 7.19. The van der Waals surface area contributed by atoms with Gasteiger partial charge >= 0.3 is 0 Å². The molecule has 5 rings (SSSR count). The van der Waals surface area contributed by atoms with Gasteiger partial charge < -0.3 is 4.90 Å². The number of anilines is 1. The number of rotatable bonds is 8. The second-order valence-corrected chi connectivity index (χ2v) is 10.5. The minimum absolute atomic E-state index is 0.341. The van der Waals surface area contributed by atoms with Crippen LogP contribution in [-0.2, 0) is 0 Å². The van der Waals surface area contributed by atoms with E-state index in [1.807, 2.05) is 43.3 Å². The first-order chi connectivity index (χ1) is 19.1. The van der Waals surface area contributed by atoms with Gasteiger partial charge in [-0.25, -0.2) is 0 Å². The fraction of sp³-hybridized carbons (Fsp3) is 0.207. The summed E-state index contributed by atoms with van der Waals surface area (Å²) in [5, 5.41) is 28.5. The van der Waals surface area contributed by atoms with Gasteiger partial charge in [0.2, 0.25) is 0 Å². The van der Waals surface area contributed by atoms with Crippen molar-refractivity contribution in [1.29, 1.82) is 0 Å². The number of aldehydes is 1. The van der Waals surface area contributed by atoms with Crippen LogP contribution in [0.4, 0.5) is 38.4 Å². The zero-order valence-electron chi connectivity index (χ0n) is 21.4. The molecule has 0 aliphatic carbocycles. The van der Waals surface area contributed by atoms with Gasteiger partial charge in [-0.2, -0.15) is 20.5 Å². The first-order valence-corrected chi connectivity index (χ1v) is 13.8. The fourth-order valence-electron chi connectivity index (χ4n) is 4.06. The molecule has 39 heavy (non-hydrogen) atoms. The third-order valence-electron chi connectivity index (χ3n) is 6.20. The molecule has 1 aliphatic heterocycles. The molecule has 0 amide bonds. The van der Waals surface area contributed by atoms with Gasteiger partial charge in [0.05, 0.1) is 38.5 Å². The van der Waals surface area contributed by atoms with E-state index < -0.39 is 0 Å². The number of carbonyl (C=O) groups is 1. The number of piperidine rings is 1. The molecule has 4 aromatic rings. The molecular formula is C29H26ClN7OS. The zero-order valence-corrected chi connectivity index (χ0v) is 22.9. The zero-order chi connectivity index (χ0) is 27.0. The summed E-state index contributed by atoms with van der Waals surface area (Å²) in [6.45, 7) is 4.22. The smallest absolute Gasteiger partial charge is 0.151 e. The Morgan fingerprint density at radius 3 is 2.03 bits per heavy atom. The maximum absolute atomic E-state index is 10.9. The van der Waals surface area contributed by atoms with Crippen LogP contribution in [0.2, 0.25) is 5.02 Å². The minimum Gasteiger partial charge on any atom is -0.363 e. The van der Waals surface area contributed by atoms with Crippen LogP contribution in [0, 0.1) is 6.92 Å². The van der Waals surface area contributed by atoms with Crippen molar-refractivity contribution >= 4 is 67.7 Å². The second kappa shape index (κ2) is 12.6. The molecule has 10 heteroatoms. The van der Waals surface area contributed by atoms with E-state index in [0.29, 0.717) is 33.9 Å². The molecule has 2 heterocycles. The molecule has 1 aliphatic rings. The van der Waals surface area contributed by atoms with Gasteiger partial charge in [-0.1, -0.05) is 22.9 Å². The lowest BCUT2D eigenvalue weighted by Gasteiger charge is -2.26. The first-order valence-electron chi connectivity index (χ1n) is 12.6. The van der Waals surface area contributed by atoms with Gasteiger partial charge in [0.15, 0.2) is 6.29 Å². The normalized spacial score (nSPS) is 14.2. The quantitative estimate of drug-likeness (QED) is 0.160. The van der Waals surface area contributed by atoms with Crippen LogP contribution >= 0.6 is 22.9 Å². The third kappa shape index (κ3) is 7.07. The molecule has 8 nitrogen and oxygen atoms in total. The molecule has 1 aromatic heterocycles. The molecule has 1 saturated heterocycles. The molecule has 0 bridgehead atoms. The number of carbonyl (C=O) groups excluding carboxylic acids is 1. The maximum atomic E-state index is 10.9. The summed E-state index contributed by atoms with van der Waals surface area (Å²) < 4.78 is 0. The predicted molar refractivity (Wildman–Crippen MR) is 157 cm³/mol. The van der Waals surface area contributed by atoms with Crippen LogP contribution in [0.1, 0.15) is 35.2 Å². The molecular weight excluding hydrogens is 530 g/mol. The van der Waals surface area contributed by atoms with Crippen molar-refractivity contribution in [2.24, 2.45) is 30.7 Å². The first kappa shape index (κ1) is 26.5. The average molecular weight is 556 g/mol. The Morgan fingerprint density at radius 2 is 1.33 bits per heavy atom. The SMILES string of the molecule is Cc1cc(N=Nc2ccc(N3CCCCC3)s2)ccc1N=Nc1ccc(N=Nc2ccc(C=O)c(Cl)c2)cc1. The maximum Gasteiger partial charge on any atom is 0.151 e. The fourth-order valence-corrected chi connectivity index (χ4v) is 5.16. The number of hydrogen-bond donors (Lipinski definition) is 0. The van der Waals surface area contributed by atoms with E-state index >= 15 is 0 Å². The molecule has 0 radical (unpaired) electrons. The Kier molecular flexibility index (Phi) is 8.60. The van der Waals surface area contributed by atoms with Crippen LogP contribution in [0.25, 0.3) is 0 Å². The van der Waals surface area contributed by atoms with E-state index in [4.69, 9.17) is 11.6 Å². The molecule has 0 atom stereocenters. The number of benzene rings is 3. The molecule has 196 valence electrons. The van der Waals surface area contributed by atoms with Crippen molar-refractivity contribution in [2.75, 3.05) is 18.0 Å². The number of thiophene rings is 1. The van der Waals surface area contributed by atoms with Gasteiger partial charge in [0.25, 0.3) is 0 Å². The summed E-state index contributed by atoms with van der Waals surface area (Å²) in [6, 6.07) is 22.0. The van der Waals surface area contributed by atoms with Crippen molar-refractivity contribution in [1.82, 2.24) is 0 Å². The molecule has 0 saturated carbocycles. The summed E-state index contributed by atoms with van der Waals surface area (Å²) in [4.78, 5) is 13.3. The predicted octanol–water partition coefficient (Wildman–Crippen LogP) is 10.8. The minimum atomic E-state index is 0.341. The molecule has 0 spiro atoms. The van der Waals surface area contributed by atoms with Crippen molar-refractivity contribution < 1.29 is 4.79 Å². The molecule has 1 fully saturated rings. The lowest BCUT2D eigenvalue weighted by atomic mass is 10.1. The van der Waals surface area contributed by atoms with E-state index in [-0.39, 0.29) is 0 Å². The number of aryl methyl sites for hydroxylation is 1. The van der Waals surface area contributed by atoms with Crippen LogP contribution in [0.3, 0.4) is 0 Å². The topological polar surface area (TPSA) is 94.5 Å². The highest BCUT2D eigenvalue weighted by atomic mass is 35.5. The van der Waals surface area contributed by atoms with Gasteiger partial charge in [-0.3, -0.25) is 4.79 Å². The number of hydrogen-bond acceptors (Lipinski definition) is 9. The summed E-state index contributed by atoms with van der Waals surface area (Å²) >= 11 is 7.72. The molecule has 0 N–H and O–H groups in total. The van der Waals surface area contributed by atoms with E-state index in [2.05, 4.69) is 41.7 Å². The summed E-state index contributed by atoms with van der Waals surface area (Å²) in [7, 11) is 0. The standard InChI is InChI=1S/C29H26ClN7OS/c1-20-17-24(34-36-28-13-14-29(39-28)37-15-3-2-4-16-37)11-12-27(20)35-32-23-9-7-22(8-10-23)31-33-25-6-5-21(19-38)26(30)18-25/h5-14,17-19H,2-4,15-16H2,1H3. The van der Waals surface area contributed by atoms with Crippen LogP contribution < -0.4 is 4.90 Å². The Morgan fingerprint density at radius 1 is 0.718 bits per heavy atom. The number of halogens is 1. The van der Waals surface area contributed by atoms with E-state index in [0.717, 1.165) is 35.0 Å². The summed E-state index contributed by atoms with van der Waals surface area (Å²) in [6.07, 6.45) is 4.53. The molecule has 0 unspecified atom stereocenters. The monoisotopic (exact) mass is 555 g/mol. The van der Waals surface area contributed by atoms with Crippen LogP contribution in [0.5, 0.6) is 0 Å². The van der Waals surface area contributed by atoms with Crippen LogP contribution in [0.15, 0.2) is 103 Å². The van der Waals surface area contributed by atoms with Crippen molar-refractivity contribution in [3.05, 3.63) is 88.9 Å². The van der Waals surface area contributed by atoms with E-state index in [1.165, 1.54) is 24.3 Å². The summed E-state index contributed by atoms with van der Waals surface area (Å²) in [5.74, 6) is 0. The van der Waals surface area contributed by atoms with Gasteiger partial charge in [-0.05, 0) is 105 Å². The lowest BCUT2D eigenvalue weighted by molar-refractivity contribution is 0.112. The highest BCUT2D eigenvalue weighted by Crippen LogP contribution is 2.35. The van der Waals surface area contributed by atoms with Gasteiger partial charge in [0.1, 0.15) is 5.00 Å². The third-order valence-corrected chi connectivity index (χ3v) is 7.56. The Bertz CT molecular complexity index is 1540. The Hall–Kier alpha value is -4.08. The van der Waals surface area contributed by atoms with E-state index in [1.54, 1.807) is 41.7 Å². The highest BCUT2D eigenvalue weighted by Gasteiger charge is 2.12. The molecule has 3 aromatic carbocycles. The number of azo groups is 3. The second-order valence-electron chi connectivity index (χ2n) is 9.07. The van der Waals surface area contributed by atoms with Gasteiger partial charge in [0, 0.05) is 18.7 Å². The summed E-state index contributed by atoms with van der Waals surface area (Å²) in [5.41, 5.74) is 4.82. The Balaban J connectivity index is 1.19. The van der Waals surface area contributed by atoms with Gasteiger partial charge in [-0.15, -0.1) is 10.2 Å². The van der Waals surface area contributed by atoms with Crippen molar-refractivity contribution in [3.63, 3.8) is 0 Å². The Labute approximate surface area is 235 Å². The van der Waals surface area contributed by atoms with Crippen molar-refractivity contribution in [2.45, 2.75) is 26.2 Å². The average Bonchev–Trinajstić information content (AvgIpc) is 3.45.